The van der Waals surface area contributed by atoms with Gasteiger partial charge in [-0.1, -0.05) is 52.0 Å². The fourth-order valence-electron chi connectivity index (χ4n) is 2.31. The summed E-state index contributed by atoms with van der Waals surface area (Å²) in [5, 5.41) is 3.44. The Morgan fingerprint density at radius 2 is 1.77 bits per heavy atom. The van der Waals surface area contributed by atoms with Gasteiger partial charge < -0.3 is 15.8 Å². The van der Waals surface area contributed by atoms with E-state index >= 15 is 0 Å². The summed E-state index contributed by atoms with van der Waals surface area (Å²) < 4.78 is 5.77. The average Bonchev–Trinajstić information content (AvgIpc) is 2.66. The average molecular weight is 357 g/mol. The van der Waals surface area contributed by atoms with Crippen molar-refractivity contribution in [2.45, 2.75) is 47.3 Å². The predicted molar refractivity (Wildman–Crippen MR) is 108 cm³/mol. The second kappa shape index (κ2) is 12.1. The molecule has 3 N–H and O–H groups in total. The standard InChI is InChI=1S/C20H26N2O2.C2H6/c1-15(2)10-11-22-13-16-6-8-19(9-7-16)24-14-17-4-3-5-18(12-17)20(21)23;1-2/h3-9,12,15,22H,10-11,13-14H2,1-2H3,(H2,21,23);1-2H3. The molecule has 1 amide bonds. The number of carbonyl (C=O) groups is 1. The molecule has 0 saturated carbocycles. The first-order chi connectivity index (χ1) is 12.5. The number of nitrogens with two attached hydrogens (primary N) is 1. The van der Waals surface area contributed by atoms with Gasteiger partial charge in [-0.05, 0) is 54.3 Å². The number of benzene rings is 2. The first-order valence-electron chi connectivity index (χ1n) is 9.36. The zero-order valence-corrected chi connectivity index (χ0v) is 16.4. The van der Waals surface area contributed by atoms with Crippen LogP contribution in [0.2, 0.25) is 0 Å². The number of primary amides is 1. The highest BCUT2D eigenvalue weighted by atomic mass is 16.5. The van der Waals surface area contributed by atoms with Crippen LogP contribution in [0.15, 0.2) is 48.5 Å². The Morgan fingerprint density at radius 3 is 2.38 bits per heavy atom. The predicted octanol–water partition coefficient (Wildman–Crippen LogP) is 4.53. The van der Waals surface area contributed by atoms with Gasteiger partial charge in [0.05, 0.1) is 0 Å². The van der Waals surface area contributed by atoms with Crippen LogP contribution in [0, 0.1) is 5.92 Å². The Morgan fingerprint density at radius 1 is 1.08 bits per heavy atom. The molecule has 0 atom stereocenters. The number of hydrogen-bond donors (Lipinski definition) is 2. The van der Waals surface area contributed by atoms with E-state index in [1.807, 2.05) is 38.1 Å². The zero-order valence-electron chi connectivity index (χ0n) is 16.4. The summed E-state index contributed by atoms with van der Waals surface area (Å²) >= 11 is 0. The third-order valence-corrected chi connectivity index (χ3v) is 3.77. The van der Waals surface area contributed by atoms with Crippen molar-refractivity contribution in [1.82, 2.24) is 5.32 Å². The van der Waals surface area contributed by atoms with E-state index in [4.69, 9.17) is 10.5 Å². The number of rotatable bonds is 9. The molecular formula is C22H32N2O2. The second-order valence-electron chi connectivity index (χ2n) is 6.36. The molecule has 4 nitrogen and oxygen atoms in total. The van der Waals surface area contributed by atoms with Crippen LogP contribution in [0.1, 0.15) is 55.6 Å². The highest BCUT2D eigenvalue weighted by Gasteiger charge is 2.02. The molecular weight excluding hydrogens is 324 g/mol. The largest absolute Gasteiger partial charge is 0.489 e. The van der Waals surface area contributed by atoms with Crippen molar-refractivity contribution in [1.29, 1.82) is 0 Å². The first kappa shape index (κ1) is 21.7. The van der Waals surface area contributed by atoms with E-state index in [1.54, 1.807) is 12.1 Å². The summed E-state index contributed by atoms with van der Waals surface area (Å²) in [4.78, 5) is 11.2. The van der Waals surface area contributed by atoms with Gasteiger partial charge in [0.25, 0.3) is 0 Å². The molecule has 2 aromatic carbocycles. The monoisotopic (exact) mass is 356 g/mol. The molecule has 0 saturated heterocycles. The maximum Gasteiger partial charge on any atom is 0.248 e. The Kier molecular flexibility index (Phi) is 10.1. The van der Waals surface area contributed by atoms with E-state index in [0.717, 1.165) is 30.3 Å². The summed E-state index contributed by atoms with van der Waals surface area (Å²) in [5.41, 5.74) is 7.95. The SMILES string of the molecule is CC.CC(C)CCNCc1ccc(OCc2cccc(C(N)=O)c2)cc1. The van der Waals surface area contributed by atoms with Gasteiger partial charge in [0.1, 0.15) is 12.4 Å². The van der Waals surface area contributed by atoms with Crippen molar-refractivity contribution in [3.63, 3.8) is 0 Å². The number of amides is 1. The Labute approximate surface area is 157 Å². The van der Waals surface area contributed by atoms with Crippen molar-refractivity contribution in [3.8, 4) is 5.75 Å². The second-order valence-corrected chi connectivity index (χ2v) is 6.36. The molecule has 0 aliphatic rings. The van der Waals surface area contributed by atoms with E-state index in [1.165, 1.54) is 12.0 Å². The molecule has 0 heterocycles. The van der Waals surface area contributed by atoms with Gasteiger partial charge in [-0.2, -0.15) is 0 Å². The molecule has 4 heteroatoms. The molecule has 0 aromatic heterocycles. The molecule has 2 rings (SSSR count). The van der Waals surface area contributed by atoms with Crippen LogP contribution >= 0.6 is 0 Å². The van der Waals surface area contributed by atoms with E-state index in [-0.39, 0.29) is 0 Å². The minimum absolute atomic E-state index is 0.410. The summed E-state index contributed by atoms with van der Waals surface area (Å²) in [6.45, 7) is 10.8. The maximum absolute atomic E-state index is 11.2. The Bertz CT molecular complexity index is 651. The summed E-state index contributed by atoms with van der Waals surface area (Å²) in [6, 6.07) is 15.3. The summed E-state index contributed by atoms with van der Waals surface area (Å²) in [5.74, 6) is 1.11. The summed E-state index contributed by atoms with van der Waals surface area (Å²) in [6.07, 6.45) is 1.19. The highest BCUT2D eigenvalue weighted by molar-refractivity contribution is 5.92. The quantitative estimate of drug-likeness (QED) is 0.649. The van der Waals surface area contributed by atoms with Crippen LogP contribution < -0.4 is 15.8 Å². The van der Waals surface area contributed by atoms with Crippen molar-refractivity contribution in [2.75, 3.05) is 6.54 Å². The molecule has 0 fully saturated rings. The lowest BCUT2D eigenvalue weighted by Gasteiger charge is -2.09. The number of ether oxygens (including phenoxy) is 1. The van der Waals surface area contributed by atoms with Crippen molar-refractivity contribution in [3.05, 3.63) is 65.2 Å². The van der Waals surface area contributed by atoms with E-state index < -0.39 is 5.91 Å². The third-order valence-electron chi connectivity index (χ3n) is 3.77. The van der Waals surface area contributed by atoms with E-state index in [0.29, 0.717) is 12.2 Å². The van der Waals surface area contributed by atoms with Gasteiger partial charge in [-0.25, -0.2) is 0 Å². The van der Waals surface area contributed by atoms with Crippen LogP contribution in [0.4, 0.5) is 0 Å². The van der Waals surface area contributed by atoms with Gasteiger partial charge in [-0.3, -0.25) is 4.79 Å². The van der Waals surface area contributed by atoms with Crippen LogP contribution in [0.25, 0.3) is 0 Å². The van der Waals surface area contributed by atoms with Gasteiger partial charge in [-0.15, -0.1) is 0 Å². The minimum Gasteiger partial charge on any atom is -0.489 e. The molecule has 0 radical (unpaired) electrons. The molecule has 0 aliphatic carbocycles. The maximum atomic E-state index is 11.2. The lowest BCUT2D eigenvalue weighted by Crippen LogP contribution is -2.16. The molecule has 0 unspecified atom stereocenters. The molecule has 2 aromatic rings. The number of hydrogen-bond acceptors (Lipinski definition) is 3. The molecule has 0 bridgehead atoms. The third kappa shape index (κ3) is 8.17. The van der Waals surface area contributed by atoms with Crippen molar-refractivity contribution >= 4 is 5.91 Å². The zero-order chi connectivity index (χ0) is 19.4. The molecule has 26 heavy (non-hydrogen) atoms. The van der Waals surface area contributed by atoms with E-state index in [2.05, 4.69) is 31.3 Å². The number of carbonyl (C=O) groups excluding carboxylic acids is 1. The van der Waals surface area contributed by atoms with E-state index in [9.17, 15) is 4.79 Å². The van der Waals surface area contributed by atoms with Gasteiger partial charge in [0, 0.05) is 12.1 Å². The highest BCUT2D eigenvalue weighted by Crippen LogP contribution is 2.15. The van der Waals surface area contributed by atoms with Crippen LogP contribution in [-0.2, 0) is 13.2 Å². The van der Waals surface area contributed by atoms with Gasteiger partial charge in [0.15, 0.2) is 0 Å². The molecule has 0 aliphatic heterocycles. The minimum atomic E-state index is -0.425. The Hall–Kier alpha value is -2.33. The lowest BCUT2D eigenvalue weighted by molar-refractivity contribution is 0.1000. The Balaban J connectivity index is 0.00000163. The van der Waals surface area contributed by atoms with Crippen LogP contribution in [0.5, 0.6) is 5.75 Å². The normalized spacial score (nSPS) is 10.2. The first-order valence-corrected chi connectivity index (χ1v) is 9.36. The smallest absolute Gasteiger partial charge is 0.248 e. The molecule has 142 valence electrons. The fourth-order valence-corrected chi connectivity index (χ4v) is 2.31. The number of nitrogens with one attached hydrogen (secondary N) is 1. The van der Waals surface area contributed by atoms with Gasteiger partial charge >= 0.3 is 0 Å². The van der Waals surface area contributed by atoms with Crippen LogP contribution in [-0.4, -0.2) is 12.5 Å². The van der Waals surface area contributed by atoms with Crippen molar-refractivity contribution in [2.24, 2.45) is 11.7 Å². The lowest BCUT2D eigenvalue weighted by atomic mass is 10.1. The fraction of sp³-hybridized carbons (Fsp3) is 0.409. The van der Waals surface area contributed by atoms with Crippen LogP contribution in [0.3, 0.4) is 0 Å². The summed E-state index contributed by atoms with van der Waals surface area (Å²) in [7, 11) is 0. The van der Waals surface area contributed by atoms with Crippen molar-refractivity contribution < 1.29 is 9.53 Å². The molecule has 0 spiro atoms. The topological polar surface area (TPSA) is 64.3 Å². The van der Waals surface area contributed by atoms with Gasteiger partial charge in [0.2, 0.25) is 5.91 Å².